The predicted molar refractivity (Wildman–Crippen MR) is 209 cm³/mol. The van der Waals surface area contributed by atoms with E-state index in [-0.39, 0.29) is 36.2 Å². The van der Waals surface area contributed by atoms with E-state index < -0.39 is 46.8 Å². The van der Waals surface area contributed by atoms with Crippen LogP contribution in [0.4, 0.5) is 22.7 Å². The van der Waals surface area contributed by atoms with Crippen molar-refractivity contribution in [3.05, 3.63) is 155 Å². The zero-order valence-electron chi connectivity index (χ0n) is 29.8. The number of benzene rings is 5. The van der Waals surface area contributed by atoms with Crippen molar-refractivity contribution in [1.29, 1.82) is 0 Å². The first-order valence-corrected chi connectivity index (χ1v) is 18.7. The van der Waals surface area contributed by atoms with Crippen LogP contribution in [0.2, 0.25) is 5.02 Å². The molecule has 2 aliphatic carbocycles. The number of ether oxygens (including phenoxy) is 1. The second kappa shape index (κ2) is 13.3. The van der Waals surface area contributed by atoms with Gasteiger partial charge in [-0.1, -0.05) is 83.9 Å². The summed E-state index contributed by atoms with van der Waals surface area (Å²) in [6.45, 7) is 0. The Kier molecular flexibility index (Phi) is 8.35. The minimum absolute atomic E-state index is 0.0758. The highest BCUT2D eigenvalue weighted by Crippen LogP contribution is 2.65. The Morgan fingerprint density at radius 1 is 0.727 bits per heavy atom. The smallest absolute Gasteiger partial charge is 0.246 e. The van der Waals surface area contributed by atoms with Gasteiger partial charge >= 0.3 is 0 Å². The van der Waals surface area contributed by atoms with Crippen molar-refractivity contribution in [1.82, 2.24) is 0 Å². The molecule has 9 rings (SSSR count). The van der Waals surface area contributed by atoms with Crippen LogP contribution in [-0.2, 0) is 24.6 Å². The predicted octanol–water partition coefficient (Wildman–Crippen LogP) is 8.16. The van der Waals surface area contributed by atoms with E-state index in [1.807, 2.05) is 78.9 Å². The van der Waals surface area contributed by atoms with Gasteiger partial charge in [0.25, 0.3) is 0 Å². The molecule has 55 heavy (non-hydrogen) atoms. The van der Waals surface area contributed by atoms with Crippen molar-refractivity contribution < 1.29 is 29.0 Å². The quantitative estimate of drug-likeness (QED) is 0.127. The van der Waals surface area contributed by atoms with Gasteiger partial charge in [0.2, 0.25) is 23.6 Å². The topological polar surface area (TPSA) is 116 Å². The molecule has 0 radical (unpaired) electrons. The number of allylic oxidation sites excluding steroid dienone is 2. The molecule has 1 saturated carbocycles. The van der Waals surface area contributed by atoms with Gasteiger partial charge in [-0.05, 0) is 96.6 Å². The van der Waals surface area contributed by atoms with Gasteiger partial charge in [-0.2, -0.15) is 0 Å². The lowest BCUT2D eigenvalue weighted by molar-refractivity contribution is -0.127. The number of imide groups is 2. The zero-order chi connectivity index (χ0) is 38.0. The maximum Gasteiger partial charge on any atom is 0.246 e. The number of carbonyl (C=O) groups excluding carboxylic acids is 4. The van der Waals surface area contributed by atoms with E-state index in [0.29, 0.717) is 27.5 Å². The van der Waals surface area contributed by atoms with Crippen LogP contribution in [0.25, 0.3) is 0 Å². The number of hydrogen-bond acceptors (Lipinski definition) is 7. The van der Waals surface area contributed by atoms with E-state index >= 15 is 4.79 Å². The Balaban J connectivity index is 1.17. The van der Waals surface area contributed by atoms with Crippen LogP contribution in [-0.4, -0.2) is 35.8 Å². The molecule has 6 unspecified atom stereocenters. The van der Waals surface area contributed by atoms with E-state index in [4.69, 9.17) is 16.3 Å². The standard InChI is InChI=1S/C45H36ClN3O6/c1-55-38-23-26(15-22-37(38)50)40-33-20-21-34-39(43(53)48(41(34)51)31-18-16-30(17-19-31)47-29-12-6-3-7-13-29)35(33)25-36-42(52)49(32-14-8-11-28(46)24-32)44(54)45(36,40)27-9-4-2-5-10-27/h2-20,22-24,34-36,39-40,47,50H,21,25H2,1H3. The Labute approximate surface area is 322 Å². The van der Waals surface area contributed by atoms with Crippen LogP contribution in [0.3, 0.4) is 0 Å². The lowest BCUT2D eigenvalue weighted by Crippen LogP contribution is -2.53. The average molecular weight is 750 g/mol. The molecule has 6 atom stereocenters. The molecule has 9 nitrogen and oxygen atoms in total. The molecule has 2 N–H and O–H groups in total. The number of aromatic hydroxyl groups is 1. The van der Waals surface area contributed by atoms with Crippen molar-refractivity contribution >= 4 is 58.0 Å². The van der Waals surface area contributed by atoms with Crippen LogP contribution >= 0.6 is 11.6 Å². The monoisotopic (exact) mass is 749 g/mol. The molecule has 2 saturated heterocycles. The Bertz CT molecular complexity index is 2400. The molecular formula is C45H36ClN3O6. The summed E-state index contributed by atoms with van der Waals surface area (Å²) >= 11 is 6.42. The summed E-state index contributed by atoms with van der Waals surface area (Å²) in [6.07, 6.45) is 2.47. The van der Waals surface area contributed by atoms with E-state index in [2.05, 4.69) is 5.32 Å². The average Bonchev–Trinajstić information content (AvgIpc) is 3.60. The van der Waals surface area contributed by atoms with Crippen LogP contribution in [0.15, 0.2) is 139 Å². The number of phenolic OH excluding ortho intramolecular Hbond substituents is 1. The molecule has 5 aromatic rings. The van der Waals surface area contributed by atoms with Crippen LogP contribution in [0.1, 0.15) is 29.9 Å². The van der Waals surface area contributed by atoms with Crippen LogP contribution in [0, 0.1) is 23.7 Å². The van der Waals surface area contributed by atoms with Gasteiger partial charge in [0.05, 0.1) is 41.7 Å². The third-order valence-electron chi connectivity index (χ3n) is 11.9. The molecular weight excluding hydrogens is 714 g/mol. The van der Waals surface area contributed by atoms with E-state index in [1.165, 1.54) is 23.0 Å². The number of anilines is 4. The van der Waals surface area contributed by atoms with Gasteiger partial charge in [0, 0.05) is 22.3 Å². The van der Waals surface area contributed by atoms with E-state index in [1.54, 1.807) is 48.5 Å². The fraction of sp³-hybridized carbons (Fsp3) is 0.200. The van der Waals surface area contributed by atoms with Gasteiger partial charge in [0.1, 0.15) is 0 Å². The van der Waals surface area contributed by atoms with Gasteiger partial charge in [-0.25, -0.2) is 4.90 Å². The number of rotatable bonds is 7. The van der Waals surface area contributed by atoms with Crippen molar-refractivity contribution in [3.63, 3.8) is 0 Å². The van der Waals surface area contributed by atoms with Gasteiger partial charge in [0.15, 0.2) is 11.5 Å². The molecule has 3 fully saturated rings. The molecule has 2 aliphatic heterocycles. The minimum Gasteiger partial charge on any atom is -0.504 e. The Hall–Kier alpha value is -6.19. The first kappa shape index (κ1) is 34.6. The summed E-state index contributed by atoms with van der Waals surface area (Å²) in [5.41, 5.74) is 3.21. The van der Waals surface area contributed by atoms with Crippen LogP contribution in [0.5, 0.6) is 11.5 Å². The van der Waals surface area contributed by atoms with Crippen molar-refractivity contribution in [3.8, 4) is 11.5 Å². The molecule has 0 bridgehead atoms. The Morgan fingerprint density at radius 3 is 2.15 bits per heavy atom. The van der Waals surface area contributed by atoms with Crippen molar-refractivity contribution in [2.75, 3.05) is 22.2 Å². The maximum absolute atomic E-state index is 15.4. The number of fused-ring (bicyclic) bond motifs is 4. The number of amides is 4. The first-order valence-electron chi connectivity index (χ1n) is 18.3. The molecule has 4 amide bonds. The van der Waals surface area contributed by atoms with E-state index in [0.717, 1.165) is 16.9 Å². The molecule has 2 heterocycles. The van der Waals surface area contributed by atoms with Crippen molar-refractivity contribution in [2.45, 2.75) is 24.2 Å². The maximum atomic E-state index is 15.4. The third-order valence-corrected chi connectivity index (χ3v) is 12.1. The fourth-order valence-electron chi connectivity index (χ4n) is 9.63. The number of methoxy groups -OCH3 is 1. The lowest BCUT2D eigenvalue weighted by atomic mass is 9.49. The van der Waals surface area contributed by atoms with Crippen LogP contribution < -0.4 is 19.9 Å². The highest BCUT2D eigenvalue weighted by atomic mass is 35.5. The van der Waals surface area contributed by atoms with Gasteiger partial charge in [-0.15, -0.1) is 0 Å². The second-order valence-electron chi connectivity index (χ2n) is 14.6. The molecule has 274 valence electrons. The highest BCUT2D eigenvalue weighted by molar-refractivity contribution is 6.32. The summed E-state index contributed by atoms with van der Waals surface area (Å²) < 4.78 is 5.56. The number of carbonyl (C=O) groups is 4. The number of nitrogens with zero attached hydrogens (tertiary/aromatic N) is 2. The van der Waals surface area contributed by atoms with E-state index in [9.17, 15) is 19.5 Å². The van der Waals surface area contributed by atoms with Gasteiger partial charge < -0.3 is 15.2 Å². The first-order chi connectivity index (χ1) is 26.7. The molecule has 0 spiro atoms. The number of phenols is 1. The normalized spacial score (nSPS) is 25.6. The van der Waals surface area contributed by atoms with Crippen molar-refractivity contribution in [2.24, 2.45) is 23.7 Å². The molecule has 0 aromatic heterocycles. The molecule has 10 heteroatoms. The summed E-state index contributed by atoms with van der Waals surface area (Å²) in [4.78, 5) is 61.9. The second-order valence-corrected chi connectivity index (χ2v) is 15.0. The lowest BCUT2D eigenvalue weighted by Gasteiger charge is -2.50. The summed E-state index contributed by atoms with van der Waals surface area (Å²) in [5, 5.41) is 14.4. The SMILES string of the molecule is COc1cc(C2C3=CCC4C(=O)N(c5ccc(Nc6ccccc6)cc5)C(=O)C4C3CC3C(=O)N(c4cccc(Cl)c4)C(=O)C32c2ccccc2)ccc1O. The zero-order valence-corrected chi connectivity index (χ0v) is 30.5. The molecule has 5 aromatic carbocycles. The largest absolute Gasteiger partial charge is 0.504 e. The fourth-order valence-corrected chi connectivity index (χ4v) is 9.81. The summed E-state index contributed by atoms with van der Waals surface area (Å²) in [7, 11) is 1.45. The number of hydrogen-bond donors (Lipinski definition) is 2. The van der Waals surface area contributed by atoms with Gasteiger partial charge in [-0.3, -0.25) is 24.1 Å². The summed E-state index contributed by atoms with van der Waals surface area (Å²) in [6, 6.07) is 37.9. The highest BCUT2D eigenvalue weighted by Gasteiger charge is 2.70. The third kappa shape index (κ3) is 5.28. The molecule has 4 aliphatic rings. The minimum atomic E-state index is -1.44. The number of halogens is 1. The number of para-hydroxylation sites is 1. The summed E-state index contributed by atoms with van der Waals surface area (Å²) in [5.74, 6) is -4.89. The number of nitrogens with one attached hydrogen (secondary N) is 1. The Morgan fingerprint density at radius 2 is 1.44 bits per heavy atom.